The van der Waals surface area contributed by atoms with Crippen LogP contribution in [0.4, 0.5) is 28.6 Å². The molecular formula is C49H37N3. The smallest absolute Gasteiger partial charge is 0.137 e. The van der Waals surface area contributed by atoms with Gasteiger partial charge in [-0.25, -0.2) is 4.98 Å². The molecule has 52 heavy (non-hydrogen) atoms. The average Bonchev–Trinajstić information content (AvgIpc) is 3.31. The maximum absolute atomic E-state index is 4.83. The van der Waals surface area contributed by atoms with Crippen LogP contribution in [0.2, 0.25) is 0 Å². The third kappa shape index (κ3) is 4.77. The van der Waals surface area contributed by atoms with Crippen LogP contribution in [0.1, 0.15) is 47.6 Å². The number of rotatable bonds is 5. The van der Waals surface area contributed by atoms with Crippen molar-refractivity contribution in [2.45, 2.75) is 25.2 Å². The highest BCUT2D eigenvalue weighted by Gasteiger charge is 2.36. The van der Waals surface area contributed by atoms with Crippen molar-refractivity contribution in [3.05, 3.63) is 210 Å². The third-order valence-electron chi connectivity index (χ3n) is 11.1. The lowest BCUT2D eigenvalue weighted by atomic mass is 9.82. The Hall–Kier alpha value is -6.45. The van der Waals surface area contributed by atoms with Crippen LogP contribution in [0.3, 0.4) is 0 Å². The number of hydrogen-bond acceptors (Lipinski definition) is 3. The fourth-order valence-electron chi connectivity index (χ4n) is 8.57. The Morgan fingerprint density at radius 2 is 1.31 bits per heavy atom. The van der Waals surface area contributed by atoms with E-state index in [1.807, 2.05) is 12.3 Å². The molecule has 0 N–H and O–H groups in total. The summed E-state index contributed by atoms with van der Waals surface area (Å²) in [5, 5.41) is 0. The van der Waals surface area contributed by atoms with E-state index in [1.165, 1.54) is 61.5 Å². The summed E-state index contributed by atoms with van der Waals surface area (Å²) in [7, 11) is 0. The second-order valence-electron chi connectivity index (χ2n) is 14.4. The monoisotopic (exact) mass is 667 g/mol. The van der Waals surface area contributed by atoms with E-state index in [0.29, 0.717) is 0 Å². The predicted molar refractivity (Wildman–Crippen MR) is 216 cm³/mol. The number of fused-ring (bicyclic) bond motifs is 8. The molecule has 248 valence electrons. The molecule has 1 atom stereocenters. The van der Waals surface area contributed by atoms with Crippen molar-refractivity contribution < 1.29 is 0 Å². The average molecular weight is 668 g/mol. The van der Waals surface area contributed by atoms with Gasteiger partial charge in [-0.3, -0.25) is 4.90 Å². The second kappa shape index (κ2) is 11.8. The number of allylic oxidation sites excluding steroid dienone is 2. The van der Waals surface area contributed by atoms with E-state index in [2.05, 4.69) is 194 Å². The van der Waals surface area contributed by atoms with Gasteiger partial charge in [-0.1, -0.05) is 117 Å². The first-order valence-electron chi connectivity index (χ1n) is 18.1. The molecule has 2 heterocycles. The van der Waals surface area contributed by atoms with E-state index < -0.39 is 0 Å². The summed E-state index contributed by atoms with van der Waals surface area (Å²) in [6.45, 7) is 4.67. The molecule has 1 aromatic heterocycles. The van der Waals surface area contributed by atoms with Gasteiger partial charge in [0, 0.05) is 40.3 Å². The van der Waals surface area contributed by atoms with E-state index in [1.54, 1.807) is 0 Å². The Morgan fingerprint density at radius 3 is 2.15 bits per heavy atom. The van der Waals surface area contributed by atoms with Gasteiger partial charge < -0.3 is 4.90 Å². The first-order chi connectivity index (χ1) is 25.5. The Kier molecular flexibility index (Phi) is 6.91. The molecule has 0 spiro atoms. The van der Waals surface area contributed by atoms with Gasteiger partial charge in [-0.15, -0.1) is 0 Å². The maximum Gasteiger partial charge on any atom is 0.137 e. The van der Waals surface area contributed by atoms with Crippen molar-refractivity contribution in [2.24, 2.45) is 0 Å². The Bertz CT molecular complexity index is 2550. The topological polar surface area (TPSA) is 19.4 Å². The zero-order valence-corrected chi connectivity index (χ0v) is 29.2. The fraction of sp³-hybridized carbons (Fsp3) is 0.0816. The van der Waals surface area contributed by atoms with E-state index >= 15 is 0 Å². The van der Waals surface area contributed by atoms with Crippen LogP contribution < -0.4 is 9.80 Å². The van der Waals surface area contributed by atoms with Crippen molar-refractivity contribution in [1.82, 2.24) is 4.98 Å². The summed E-state index contributed by atoms with van der Waals surface area (Å²) in [5.41, 5.74) is 17.3. The van der Waals surface area contributed by atoms with Crippen LogP contribution in [0, 0.1) is 0 Å². The third-order valence-corrected chi connectivity index (χ3v) is 11.1. The molecule has 0 amide bonds. The van der Waals surface area contributed by atoms with Crippen molar-refractivity contribution in [1.29, 1.82) is 0 Å². The van der Waals surface area contributed by atoms with E-state index in [4.69, 9.17) is 4.98 Å². The summed E-state index contributed by atoms with van der Waals surface area (Å²) in [4.78, 5) is 9.49. The molecule has 7 aromatic rings. The first-order valence-corrected chi connectivity index (χ1v) is 18.1. The molecule has 0 saturated carbocycles. The van der Waals surface area contributed by atoms with Gasteiger partial charge >= 0.3 is 0 Å². The molecule has 0 fully saturated rings. The maximum atomic E-state index is 4.83. The van der Waals surface area contributed by atoms with Gasteiger partial charge in [0.25, 0.3) is 0 Å². The van der Waals surface area contributed by atoms with Crippen LogP contribution in [-0.2, 0) is 5.41 Å². The minimum atomic E-state index is -0.0893. The molecular weight excluding hydrogens is 631 g/mol. The molecule has 6 aromatic carbocycles. The molecule has 0 radical (unpaired) electrons. The quantitative estimate of drug-likeness (QED) is 0.182. The number of nitrogens with zero attached hydrogens (tertiary/aromatic N) is 3. The van der Waals surface area contributed by atoms with Gasteiger partial charge in [-0.05, 0) is 123 Å². The first kappa shape index (κ1) is 30.4. The van der Waals surface area contributed by atoms with Gasteiger partial charge in [0.05, 0.1) is 5.69 Å². The van der Waals surface area contributed by atoms with Crippen LogP contribution in [0.15, 0.2) is 182 Å². The highest BCUT2D eigenvalue weighted by Crippen LogP contribution is 2.51. The van der Waals surface area contributed by atoms with Crippen molar-refractivity contribution >= 4 is 34.6 Å². The fourth-order valence-corrected chi connectivity index (χ4v) is 8.57. The molecule has 3 heteroatoms. The summed E-state index contributed by atoms with van der Waals surface area (Å²) in [6.07, 6.45) is 8.81. The highest BCUT2D eigenvalue weighted by molar-refractivity contribution is 5.86. The van der Waals surface area contributed by atoms with Gasteiger partial charge in [-0.2, -0.15) is 0 Å². The van der Waals surface area contributed by atoms with Gasteiger partial charge in [0.1, 0.15) is 5.82 Å². The second-order valence-corrected chi connectivity index (χ2v) is 14.4. The summed E-state index contributed by atoms with van der Waals surface area (Å²) in [5.74, 6) is 1.05. The zero-order chi connectivity index (χ0) is 34.8. The number of benzene rings is 6. The molecule has 0 saturated heterocycles. The number of hydrogen-bond donors (Lipinski definition) is 0. The summed E-state index contributed by atoms with van der Waals surface area (Å²) >= 11 is 0. The Labute approximate surface area is 305 Å². The van der Waals surface area contributed by atoms with Crippen molar-refractivity contribution in [3.8, 4) is 22.3 Å². The Morgan fingerprint density at radius 1 is 0.577 bits per heavy atom. The number of aromatic nitrogens is 1. The lowest BCUT2D eigenvalue weighted by Gasteiger charge is -2.35. The molecule has 3 nitrogen and oxygen atoms in total. The SMILES string of the molecule is CC1(C)c2ccccc2-c2ccc(N(c3ccc(-c4ccc5c(c4)C4C=C(C=Cc6ccccc64)N5c4ccccc4)cc3)c3ccccn3)cc21. The molecule has 2 bridgehead atoms. The lowest BCUT2D eigenvalue weighted by Crippen LogP contribution is -2.22. The predicted octanol–water partition coefficient (Wildman–Crippen LogP) is 12.7. The number of para-hydroxylation sites is 1. The van der Waals surface area contributed by atoms with Crippen LogP contribution >= 0.6 is 0 Å². The summed E-state index contributed by atoms with van der Waals surface area (Å²) in [6, 6.07) is 57.2. The number of anilines is 5. The van der Waals surface area contributed by atoms with Crippen LogP contribution in [-0.4, -0.2) is 4.98 Å². The Balaban J connectivity index is 1.05. The zero-order valence-electron chi connectivity index (χ0n) is 29.2. The normalized spacial score (nSPS) is 15.8. The highest BCUT2D eigenvalue weighted by atomic mass is 15.2. The van der Waals surface area contributed by atoms with Crippen LogP contribution in [0.25, 0.3) is 28.3 Å². The molecule has 1 aliphatic heterocycles. The molecule has 2 aliphatic carbocycles. The van der Waals surface area contributed by atoms with E-state index in [0.717, 1.165) is 22.9 Å². The van der Waals surface area contributed by atoms with E-state index in [9.17, 15) is 0 Å². The van der Waals surface area contributed by atoms with Gasteiger partial charge in [0.2, 0.25) is 0 Å². The number of pyridine rings is 1. The van der Waals surface area contributed by atoms with Crippen molar-refractivity contribution in [3.63, 3.8) is 0 Å². The van der Waals surface area contributed by atoms with Crippen LogP contribution in [0.5, 0.6) is 0 Å². The minimum absolute atomic E-state index is 0.0893. The molecule has 3 aliphatic rings. The lowest BCUT2D eigenvalue weighted by molar-refractivity contribution is 0.660. The minimum Gasteiger partial charge on any atom is -0.310 e. The van der Waals surface area contributed by atoms with E-state index in [-0.39, 0.29) is 11.3 Å². The largest absolute Gasteiger partial charge is 0.310 e. The molecule has 1 unspecified atom stereocenters. The molecule has 10 rings (SSSR count). The van der Waals surface area contributed by atoms with Crippen molar-refractivity contribution in [2.75, 3.05) is 9.80 Å². The standard InChI is InChI=1S/C49H37N3/c1-49(2)45-17-9-8-16-41(45)42-27-26-39(32-46(42)49)52(48-18-10-11-29-50-48)37-23-19-33(20-24-37)35-22-28-47-44(30-35)43-31-38(51(47)36-13-4-3-5-14-36)25-21-34-12-6-7-15-40(34)43/h3-32,43H,1-2H3. The van der Waals surface area contributed by atoms with Gasteiger partial charge in [0.15, 0.2) is 0 Å². The summed E-state index contributed by atoms with van der Waals surface area (Å²) < 4.78 is 0.